The Kier molecular flexibility index (Phi) is 4.78. The maximum absolute atomic E-state index is 12.1. The molecule has 1 amide bonds. The van der Waals surface area contributed by atoms with Gasteiger partial charge in [0.2, 0.25) is 5.91 Å². The summed E-state index contributed by atoms with van der Waals surface area (Å²) in [7, 11) is -3.35. The molecule has 2 N–H and O–H groups in total. The van der Waals surface area contributed by atoms with Gasteiger partial charge in [0.15, 0.2) is 9.84 Å². The van der Waals surface area contributed by atoms with E-state index < -0.39 is 21.0 Å². The summed E-state index contributed by atoms with van der Waals surface area (Å²) < 4.78 is 24.1. The van der Waals surface area contributed by atoms with Gasteiger partial charge >= 0.3 is 0 Å². The second kappa shape index (κ2) is 5.57. The van der Waals surface area contributed by atoms with Crippen molar-refractivity contribution in [3.8, 4) is 0 Å². The van der Waals surface area contributed by atoms with Crippen molar-refractivity contribution in [2.75, 3.05) is 18.8 Å². The van der Waals surface area contributed by atoms with Crippen molar-refractivity contribution < 1.29 is 13.2 Å². The molecule has 0 radical (unpaired) electrons. The van der Waals surface area contributed by atoms with Crippen LogP contribution < -0.4 is 10.6 Å². The van der Waals surface area contributed by atoms with Crippen LogP contribution in [0.25, 0.3) is 0 Å². The van der Waals surface area contributed by atoms with E-state index in [4.69, 9.17) is 0 Å². The molecule has 0 saturated carbocycles. The van der Waals surface area contributed by atoms with Crippen LogP contribution in [-0.4, -0.2) is 44.0 Å². The average molecular weight is 276 g/mol. The predicted molar refractivity (Wildman–Crippen MR) is 72.1 cm³/mol. The molecule has 0 aromatic heterocycles. The molecule has 1 aliphatic rings. The average Bonchev–Trinajstić information content (AvgIpc) is 2.22. The van der Waals surface area contributed by atoms with Crippen LogP contribution in [0.2, 0.25) is 0 Å². The molecular weight excluding hydrogens is 252 g/mol. The summed E-state index contributed by atoms with van der Waals surface area (Å²) in [5.41, 5.74) is -0.362. The third-order valence-electron chi connectivity index (χ3n) is 3.59. The number of amides is 1. The van der Waals surface area contributed by atoms with E-state index in [9.17, 15) is 13.2 Å². The summed E-state index contributed by atoms with van der Waals surface area (Å²) in [5, 5.41) is 4.85. The third kappa shape index (κ3) is 3.95. The van der Waals surface area contributed by atoms with Gasteiger partial charge in [0.05, 0.1) is 5.75 Å². The monoisotopic (exact) mass is 276 g/mol. The number of rotatable bonds is 6. The summed E-state index contributed by atoms with van der Waals surface area (Å²) in [6.45, 7) is 8.67. The van der Waals surface area contributed by atoms with Gasteiger partial charge in [0, 0.05) is 18.6 Å². The zero-order valence-electron chi connectivity index (χ0n) is 11.6. The Bertz CT molecular complexity index is 400. The van der Waals surface area contributed by atoms with E-state index in [2.05, 4.69) is 10.6 Å². The first kappa shape index (κ1) is 15.4. The number of hydrogen-bond acceptors (Lipinski definition) is 4. The van der Waals surface area contributed by atoms with Crippen LogP contribution in [0.1, 0.15) is 34.1 Å². The molecule has 18 heavy (non-hydrogen) atoms. The fraction of sp³-hybridized carbons (Fsp3) is 0.917. The Morgan fingerprint density at radius 3 is 2.39 bits per heavy atom. The lowest BCUT2D eigenvalue weighted by molar-refractivity contribution is -0.122. The number of nitrogens with one attached hydrogen (secondary N) is 2. The Morgan fingerprint density at radius 1 is 1.44 bits per heavy atom. The van der Waals surface area contributed by atoms with Crippen molar-refractivity contribution in [1.82, 2.24) is 10.6 Å². The minimum atomic E-state index is -3.35. The molecule has 0 aliphatic carbocycles. The van der Waals surface area contributed by atoms with E-state index in [0.29, 0.717) is 0 Å². The first-order valence-corrected chi connectivity index (χ1v) is 8.14. The van der Waals surface area contributed by atoms with Gasteiger partial charge in [-0.2, -0.15) is 0 Å². The van der Waals surface area contributed by atoms with Crippen LogP contribution in [0, 0.1) is 5.92 Å². The van der Waals surface area contributed by atoms with E-state index in [1.807, 2.05) is 20.8 Å². The van der Waals surface area contributed by atoms with Gasteiger partial charge in [-0.15, -0.1) is 0 Å². The fourth-order valence-electron chi connectivity index (χ4n) is 1.63. The Labute approximate surface area is 110 Å². The summed E-state index contributed by atoms with van der Waals surface area (Å²) in [4.78, 5) is 11.9. The number of carbonyl (C=O) groups excluding carboxylic acids is 1. The van der Waals surface area contributed by atoms with Crippen molar-refractivity contribution in [2.24, 2.45) is 5.92 Å². The van der Waals surface area contributed by atoms with Crippen molar-refractivity contribution in [3.63, 3.8) is 0 Å². The first-order valence-electron chi connectivity index (χ1n) is 6.42. The second-order valence-corrected chi connectivity index (χ2v) is 8.09. The molecule has 5 nitrogen and oxygen atoms in total. The van der Waals surface area contributed by atoms with Crippen molar-refractivity contribution in [2.45, 2.75) is 44.9 Å². The Balaban J connectivity index is 2.61. The number of sulfone groups is 1. The molecule has 0 aromatic carbocycles. The topological polar surface area (TPSA) is 75.3 Å². The lowest BCUT2D eigenvalue weighted by Gasteiger charge is -2.29. The molecule has 1 fully saturated rings. The molecule has 1 heterocycles. The van der Waals surface area contributed by atoms with Crippen LogP contribution in [0.5, 0.6) is 0 Å². The quantitative estimate of drug-likeness (QED) is 0.732. The minimum absolute atomic E-state index is 0.0984. The van der Waals surface area contributed by atoms with E-state index in [-0.39, 0.29) is 17.2 Å². The SMILES string of the molecule is CCC(C)(C)NC(=O)C(C)S(=O)(=O)CC1CNC1. The molecule has 1 rings (SSSR count). The summed E-state index contributed by atoms with van der Waals surface area (Å²) in [5.74, 6) is -0.139. The molecule has 106 valence electrons. The van der Waals surface area contributed by atoms with E-state index >= 15 is 0 Å². The third-order valence-corrected chi connectivity index (χ3v) is 5.81. The second-order valence-electron chi connectivity index (χ2n) is 5.72. The lowest BCUT2D eigenvalue weighted by atomic mass is 10.0. The Morgan fingerprint density at radius 2 is 2.00 bits per heavy atom. The highest BCUT2D eigenvalue weighted by Gasteiger charge is 2.34. The smallest absolute Gasteiger partial charge is 0.238 e. The normalized spacial score (nSPS) is 19.1. The van der Waals surface area contributed by atoms with E-state index in [1.54, 1.807) is 0 Å². The molecular formula is C12H24N2O3S. The van der Waals surface area contributed by atoms with E-state index in [1.165, 1.54) is 6.92 Å². The Hall–Kier alpha value is -0.620. The summed E-state index contributed by atoms with van der Waals surface area (Å²) in [6, 6.07) is 0. The molecule has 0 aromatic rings. The highest BCUT2D eigenvalue weighted by atomic mass is 32.2. The molecule has 0 bridgehead atoms. The first-order chi connectivity index (χ1) is 8.18. The molecule has 1 saturated heterocycles. The zero-order chi connectivity index (χ0) is 14.0. The van der Waals surface area contributed by atoms with Gasteiger partial charge in [-0.3, -0.25) is 4.79 Å². The predicted octanol–water partition coefficient (Wildman–Crippen LogP) is 0.314. The maximum atomic E-state index is 12.1. The van der Waals surface area contributed by atoms with Crippen LogP contribution in [0.15, 0.2) is 0 Å². The molecule has 6 heteroatoms. The largest absolute Gasteiger partial charge is 0.350 e. The summed E-state index contributed by atoms with van der Waals surface area (Å²) in [6.07, 6.45) is 0.762. The molecule has 1 aliphatic heterocycles. The van der Waals surface area contributed by atoms with Crippen LogP contribution >= 0.6 is 0 Å². The van der Waals surface area contributed by atoms with Crippen molar-refractivity contribution >= 4 is 15.7 Å². The summed E-state index contributed by atoms with van der Waals surface area (Å²) >= 11 is 0. The zero-order valence-corrected chi connectivity index (χ0v) is 12.4. The standard InChI is InChI=1S/C12H24N2O3S/c1-5-12(3,4)14-11(15)9(2)18(16,17)8-10-6-13-7-10/h9-10,13H,5-8H2,1-4H3,(H,14,15). The van der Waals surface area contributed by atoms with Crippen molar-refractivity contribution in [1.29, 1.82) is 0 Å². The van der Waals surface area contributed by atoms with Gasteiger partial charge in [0.1, 0.15) is 5.25 Å². The van der Waals surface area contributed by atoms with Gasteiger partial charge in [-0.25, -0.2) is 8.42 Å². The minimum Gasteiger partial charge on any atom is -0.350 e. The van der Waals surface area contributed by atoms with Crippen LogP contribution in [0.4, 0.5) is 0 Å². The lowest BCUT2D eigenvalue weighted by Crippen LogP contribution is -2.51. The number of carbonyl (C=O) groups is 1. The van der Waals surface area contributed by atoms with Gasteiger partial charge in [0.25, 0.3) is 0 Å². The maximum Gasteiger partial charge on any atom is 0.238 e. The highest BCUT2D eigenvalue weighted by molar-refractivity contribution is 7.92. The highest BCUT2D eigenvalue weighted by Crippen LogP contribution is 2.14. The van der Waals surface area contributed by atoms with Gasteiger partial charge in [-0.05, 0) is 33.1 Å². The molecule has 1 atom stereocenters. The van der Waals surface area contributed by atoms with E-state index in [0.717, 1.165) is 19.5 Å². The number of hydrogen-bond donors (Lipinski definition) is 2. The molecule has 1 unspecified atom stereocenters. The van der Waals surface area contributed by atoms with Gasteiger partial charge < -0.3 is 10.6 Å². The van der Waals surface area contributed by atoms with Gasteiger partial charge in [-0.1, -0.05) is 6.92 Å². The van der Waals surface area contributed by atoms with Crippen molar-refractivity contribution in [3.05, 3.63) is 0 Å². The fourth-order valence-corrected chi connectivity index (χ4v) is 3.19. The van der Waals surface area contributed by atoms with Crippen LogP contribution in [-0.2, 0) is 14.6 Å². The van der Waals surface area contributed by atoms with Crippen LogP contribution in [0.3, 0.4) is 0 Å². The molecule has 0 spiro atoms.